The van der Waals surface area contributed by atoms with E-state index in [1.54, 1.807) is 7.11 Å². The molecule has 0 amide bonds. The molecule has 5 heteroatoms. The standard InChI is InChI=1S/C12H16ClF2NO/c1-17-8-9(13)5-6-16-7-10-11(14)3-2-4-12(10)15/h2-4,9,16H,5-8H2,1H3. The van der Waals surface area contributed by atoms with E-state index in [4.69, 9.17) is 16.3 Å². The third-order valence-corrected chi connectivity index (χ3v) is 2.69. The zero-order valence-electron chi connectivity index (χ0n) is 9.68. The lowest BCUT2D eigenvalue weighted by atomic mass is 10.2. The fourth-order valence-electron chi connectivity index (χ4n) is 1.44. The molecule has 0 aliphatic carbocycles. The van der Waals surface area contributed by atoms with Crippen molar-refractivity contribution in [2.24, 2.45) is 0 Å². The first kappa shape index (κ1) is 14.4. The summed E-state index contributed by atoms with van der Waals surface area (Å²) in [5, 5.41) is 2.87. The lowest BCUT2D eigenvalue weighted by Crippen LogP contribution is -2.21. The Morgan fingerprint density at radius 1 is 1.35 bits per heavy atom. The molecule has 1 unspecified atom stereocenters. The molecule has 0 aliphatic rings. The Labute approximate surface area is 105 Å². The number of nitrogens with one attached hydrogen (secondary N) is 1. The average molecular weight is 264 g/mol. The number of methoxy groups -OCH3 is 1. The largest absolute Gasteiger partial charge is 0.383 e. The van der Waals surface area contributed by atoms with Crippen LogP contribution < -0.4 is 5.32 Å². The van der Waals surface area contributed by atoms with Gasteiger partial charge in [0.25, 0.3) is 0 Å². The summed E-state index contributed by atoms with van der Waals surface area (Å²) in [7, 11) is 1.58. The van der Waals surface area contributed by atoms with E-state index in [1.165, 1.54) is 18.2 Å². The van der Waals surface area contributed by atoms with E-state index in [1.807, 2.05) is 0 Å². The van der Waals surface area contributed by atoms with Gasteiger partial charge < -0.3 is 10.1 Å². The van der Waals surface area contributed by atoms with Crippen LogP contribution in [0.3, 0.4) is 0 Å². The van der Waals surface area contributed by atoms with Crippen LogP contribution in [0, 0.1) is 11.6 Å². The number of benzene rings is 1. The van der Waals surface area contributed by atoms with E-state index in [0.29, 0.717) is 19.6 Å². The third kappa shape index (κ3) is 4.98. The minimum absolute atomic E-state index is 0.0605. The lowest BCUT2D eigenvalue weighted by Gasteiger charge is -2.10. The van der Waals surface area contributed by atoms with Crippen LogP contribution in [-0.4, -0.2) is 25.6 Å². The number of halogens is 3. The summed E-state index contributed by atoms with van der Waals surface area (Å²) >= 11 is 5.91. The van der Waals surface area contributed by atoms with E-state index >= 15 is 0 Å². The van der Waals surface area contributed by atoms with Crippen molar-refractivity contribution >= 4 is 11.6 Å². The van der Waals surface area contributed by atoms with Crippen LogP contribution in [0.2, 0.25) is 0 Å². The van der Waals surface area contributed by atoms with Gasteiger partial charge in [-0.05, 0) is 25.1 Å². The van der Waals surface area contributed by atoms with E-state index < -0.39 is 11.6 Å². The van der Waals surface area contributed by atoms with Gasteiger partial charge in [-0.2, -0.15) is 0 Å². The first-order valence-corrected chi connectivity index (χ1v) is 5.85. The zero-order valence-corrected chi connectivity index (χ0v) is 10.4. The number of hydrogen-bond acceptors (Lipinski definition) is 2. The lowest BCUT2D eigenvalue weighted by molar-refractivity contribution is 0.195. The first-order chi connectivity index (χ1) is 8.15. The fraction of sp³-hybridized carbons (Fsp3) is 0.500. The minimum atomic E-state index is -0.531. The highest BCUT2D eigenvalue weighted by atomic mass is 35.5. The van der Waals surface area contributed by atoms with Crippen LogP contribution >= 0.6 is 11.6 Å². The topological polar surface area (TPSA) is 21.3 Å². The van der Waals surface area contributed by atoms with Crippen molar-refractivity contribution in [2.75, 3.05) is 20.3 Å². The van der Waals surface area contributed by atoms with Crippen molar-refractivity contribution in [2.45, 2.75) is 18.3 Å². The number of hydrogen-bond donors (Lipinski definition) is 1. The van der Waals surface area contributed by atoms with Crippen LogP contribution in [0.15, 0.2) is 18.2 Å². The van der Waals surface area contributed by atoms with Gasteiger partial charge in [0.2, 0.25) is 0 Å². The molecule has 0 spiro atoms. The normalized spacial score (nSPS) is 12.7. The quantitative estimate of drug-likeness (QED) is 0.603. The zero-order chi connectivity index (χ0) is 12.7. The fourth-order valence-corrected chi connectivity index (χ4v) is 1.67. The molecule has 1 aromatic rings. The maximum Gasteiger partial charge on any atom is 0.130 e. The van der Waals surface area contributed by atoms with Crippen molar-refractivity contribution in [3.63, 3.8) is 0 Å². The van der Waals surface area contributed by atoms with Crippen LogP contribution in [0.4, 0.5) is 8.78 Å². The Hall–Kier alpha value is -0.710. The second-order valence-electron chi connectivity index (χ2n) is 3.72. The summed E-state index contributed by atoms with van der Waals surface area (Å²) < 4.78 is 31.3. The Morgan fingerprint density at radius 2 is 2.00 bits per heavy atom. The maximum atomic E-state index is 13.2. The molecule has 0 heterocycles. The average Bonchev–Trinajstić information content (AvgIpc) is 2.28. The van der Waals surface area contributed by atoms with Crippen LogP contribution in [-0.2, 0) is 11.3 Å². The maximum absolute atomic E-state index is 13.2. The van der Waals surface area contributed by atoms with Crippen LogP contribution in [0.25, 0.3) is 0 Å². The minimum Gasteiger partial charge on any atom is -0.383 e. The summed E-state index contributed by atoms with van der Waals surface area (Å²) in [4.78, 5) is 0. The Bertz CT molecular complexity index is 329. The third-order valence-electron chi connectivity index (χ3n) is 2.35. The second-order valence-corrected chi connectivity index (χ2v) is 4.34. The predicted octanol–water partition coefficient (Wildman–Crippen LogP) is 2.70. The highest BCUT2D eigenvalue weighted by molar-refractivity contribution is 6.20. The van der Waals surface area contributed by atoms with Crippen LogP contribution in [0.1, 0.15) is 12.0 Å². The summed E-state index contributed by atoms with van der Waals surface area (Å²) in [6.45, 7) is 1.22. The summed E-state index contributed by atoms with van der Waals surface area (Å²) in [6.07, 6.45) is 0.686. The molecule has 1 N–H and O–H groups in total. The summed E-state index contributed by atoms with van der Waals surface area (Å²) in [6, 6.07) is 3.84. The molecule has 0 saturated carbocycles. The molecule has 0 bridgehead atoms. The van der Waals surface area contributed by atoms with Crippen molar-refractivity contribution in [3.05, 3.63) is 35.4 Å². The van der Waals surface area contributed by atoms with E-state index in [0.717, 1.165) is 0 Å². The molecular formula is C12H16ClF2NO. The van der Waals surface area contributed by atoms with Gasteiger partial charge in [0.05, 0.1) is 12.0 Å². The van der Waals surface area contributed by atoms with Crippen molar-refractivity contribution in [1.82, 2.24) is 5.32 Å². The molecule has 17 heavy (non-hydrogen) atoms. The van der Waals surface area contributed by atoms with Gasteiger partial charge in [-0.3, -0.25) is 0 Å². The summed E-state index contributed by atoms with van der Waals surface area (Å²) in [5.41, 5.74) is 0.0605. The number of rotatable bonds is 7. The predicted molar refractivity (Wildman–Crippen MR) is 64.2 cm³/mol. The first-order valence-electron chi connectivity index (χ1n) is 5.41. The highest BCUT2D eigenvalue weighted by Crippen LogP contribution is 2.11. The summed E-state index contributed by atoms with van der Waals surface area (Å²) in [5.74, 6) is -1.06. The molecule has 96 valence electrons. The SMILES string of the molecule is COCC(Cl)CCNCc1c(F)cccc1F. The number of alkyl halides is 1. The molecule has 0 saturated heterocycles. The molecule has 0 radical (unpaired) electrons. The van der Waals surface area contributed by atoms with Gasteiger partial charge >= 0.3 is 0 Å². The molecule has 1 rings (SSSR count). The van der Waals surface area contributed by atoms with Crippen molar-refractivity contribution in [3.8, 4) is 0 Å². The van der Waals surface area contributed by atoms with Crippen molar-refractivity contribution in [1.29, 1.82) is 0 Å². The van der Waals surface area contributed by atoms with Gasteiger partial charge in [0, 0.05) is 19.2 Å². The van der Waals surface area contributed by atoms with Gasteiger partial charge in [-0.25, -0.2) is 8.78 Å². The monoisotopic (exact) mass is 263 g/mol. The molecule has 1 aromatic carbocycles. The highest BCUT2D eigenvalue weighted by Gasteiger charge is 2.08. The molecular weight excluding hydrogens is 248 g/mol. The van der Waals surface area contributed by atoms with Gasteiger partial charge in [0.1, 0.15) is 11.6 Å². The van der Waals surface area contributed by atoms with Gasteiger partial charge in [-0.1, -0.05) is 6.07 Å². The second kappa shape index (κ2) is 7.58. The van der Waals surface area contributed by atoms with Gasteiger partial charge in [-0.15, -0.1) is 11.6 Å². The smallest absolute Gasteiger partial charge is 0.130 e. The van der Waals surface area contributed by atoms with E-state index in [9.17, 15) is 8.78 Å². The molecule has 2 nitrogen and oxygen atoms in total. The van der Waals surface area contributed by atoms with E-state index in [-0.39, 0.29) is 17.5 Å². The molecule has 0 fully saturated rings. The number of ether oxygens (including phenoxy) is 1. The van der Waals surface area contributed by atoms with Crippen LogP contribution in [0.5, 0.6) is 0 Å². The van der Waals surface area contributed by atoms with Crippen molar-refractivity contribution < 1.29 is 13.5 Å². The van der Waals surface area contributed by atoms with E-state index in [2.05, 4.69) is 5.32 Å². The Morgan fingerprint density at radius 3 is 2.59 bits per heavy atom. The Kier molecular flexibility index (Phi) is 6.40. The Balaban J connectivity index is 2.31. The molecule has 1 atom stereocenters. The van der Waals surface area contributed by atoms with Gasteiger partial charge in [0.15, 0.2) is 0 Å². The molecule has 0 aliphatic heterocycles. The molecule has 0 aromatic heterocycles.